The lowest BCUT2D eigenvalue weighted by Gasteiger charge is -2.15. The number of nitrogens with zero attached hydrogens (tertiary/aromatic N) is 1. The van der Waals surface area contributed by atoms with Crippen molar-refractivity contribution in [2.24, 2.45) is 0 Å². The van der Waals surface area contributed by atoms with Gasteiger partial charge in [-0.1, -0.05) is 18.2 Å². The molecule has 0 spiro atoms. The molecule has 1 N–H and O–H groups in total. The molecule has 0 aliphatic rings. The van der Waals surface area contributed by atoms with Crippen LogP contribution in [-0.2, 0) is 16.6 Å². The van der Waals surface area contributed by atoms with Crippen molar-refractivity contribution in [1.82, 2.24) is 9.62 Å². The van der Waals surface area contributed by atoms with E-state index in [1.165, 1.54) is 32.3 Å². The molecule has 0 saturated carbocycles. The average molecular weight is 415 g/mol. The number of hydrogen-bond acceptors (Lipinski definition) is 3. The molecule has 2 aromatic carbocycles. The largest absolute Gasteiger partial charge is 0.348 e. The van der Waals surface area contributed by atoms with Gasteiger partial charge in [0, 0.05) is 25.1 Å². The fourth-order valence-electron chi connectivity index (χ4n) is 2.04. The highest BCUT2D eigenvalue weighted by atomic mass is 79.9. The third kappa shape index (κ3) is 4.00. The summed E-state index contributed by atoms with van der Waals surface area (Å²) in [7, 11) is -0.744. The molecular formula is C16H16BrFN2O3S. The molecule has 2 rings (SSSR count). The van der Waals surface area contributed by atoms with E-state index in [1.807, 2.05) is 0 Å². The molecular weight excluding hydrogens is 399 g/mol. The maximum absolute atomic E-state index is 13.3. The maximum Gasteiger partial charge on any atom is 0.252 e. The van der Waals surface area contributed by atoms with Crippen molar-refractivity contribution in [3.8, 4) is 0 Å². The summed E-state index contributed by atoms with van der Waals surface area (Å²) in [5.41, 5.74) is 0.593. The molecule has 128 valence electrons. The van der Waals surface area contributed by atoms with Crippen LogP contribution in [0.2, 0.25) is 0 Å². The molecule has 0 aromatic heterocycles. The van der Waals surface area contributed by atoms with Crippen LogP contribution in [0.1, 0.15) is 15.9 Å². The fraction of sp³-hybridized carbons (Fsp3) is 0.188. The molecule has 0 saturated heterocycles. The molecule has 8 heteroatoms. The normalized spacial score (nSPS) is 11.5. The van der Waals surface area contributed by atoms with Crippen LogP contribution >= 0.6 is 15.9 Å². The first-order valence-corrected chi connectivity index (χ1v) is 9.20. The van der Waals surface area contributed by atoms with Crippen LogP contribution in [0, 0.1) is 5.82 Å². The van der Waals surface area contributed by atoms with E-state index in [1.54, 1.807) is 18.2 Å². The number of carbonyl (C=O) groups excluding carboxylic acids is 1. The second kappa shape index (κ2) is 7.42. The molecule has 0 atom stereocenters. The molecule has 5 nitrogen and oxygen atoms in total. The first-order valence-electron chi connectivity index (χ1n) is 6.97. The monoisotopic (exact) mass is 414 g/mol. The summed E-state index contributed by atoms with van der Waals surface area (Å²) in [6.07, 6.45) is 0. The van der Waals surface area contributed by atoms with Crippen molar-refractivity contribution in [3.05, 3.63) is 63.9 Å². The zero-order chi connectivity index (χ0) is 17.9. The number of nitrogens with one attached hydrogen (secondary N) is 1. The summed E-state index contributed by atoms with van der Waals surface area (Å²) in [5.74, 6) is -1.03. The lowest BCUT2D eigenvalue weighted by Crippen LogP contribution is -2.27. The Morgan fingerprint density at radius 2 is 1.88 bits per heavy atom. The number of halogens is 2. The van der Waals surface area contributed by atoms with Crippen LogP contribution in [0.3, 0.4) is 0 Å². The van der Waals surface area contributed by atoms with Crippen molar-refractivity contribution >= 4 is 31.9 Å². The Hall–Kier alpha value is -1.77. The highest BCUT2D eigenvalue weighted by molar-refractivity contribution is 9.10. The Bertz CT molecular complexity index is 869. The summed E-state index contributed by atoms with van der Waals surface area (Å²) in [4.78, 5) is 12.3. The van der Waals surface area contributed by atoms with Gasteiger partial charge in [0.15, 0.2) is 0 Å². The Balaban J connectivity index is 2.24. The number of hydrogen-bond donors (Lipinski definition) is 1. The molecule has 24 heavy (non-hydrogen) atoms. The van der Waals surface area contributed by atoms with Crippen LogP contribution in [0.15, 0.2) is 51.8 Å². The van der Waals surface area contributed by atoms with Gasteiger partial charge in [-0.05, 0) is 45.8 Å². The standard InChI is InChI=1S/C16H16BrFN2O3S/c1-20(2)24(22,23)15-6-4-3-5-11(15)10-19-16(21)13-9-12(18)7-8-14(13)17/h3-9H,10H2,1-2H3,(H,19,21). The third-order valence-corrected chi connectivity index (χ3v) is 5.95. The Labute approximate surface area is 148 Å². The van der Waals surface area contributed by atoms with Crippen molar-refractivity contribution in [1.29, 1.82) is 0 Å². The number of amides is 1. The second-order valence-electron chi connectivity index (χ2n) is 5.20. The van der Waals surface area contributed by atoms with Gasteiger partial charge in [0.1, 0.15) is 5.82 Å². The fourth-order valence-corrected chi connectivity index (χ4v) is 3.58. The summed E-state index contributed by atoms with van der Waals surface area (Å²) < 4.78 is 39.5. The van der Waals surface area contributed by atoms with Crippen molar-refractivity contribution < 1.29 is 17.6 Å². The van der Waals surface area contributed by atoms with Crippen molar-refractivity contribution in [2.75, 3.05) is 14.1 Å². The van der Waals surface area contributed by atoms with E-state index >= 15 is 0 Å². The van der Waals surface area contributed by atoms with Gasteiger partial charge < -0.3 is 5.32 Å². The number of carbonyl (C=O) groups is 1. The minimum absolute atomic E-state index is 0.00499. The molecule has 2 aromatic rings. The predicted molar refractivity (Wildman–Crippen MR) is 92.6 cm³/mol. The molecule has 0 aliphatic carbocycles. The van der Waals surface area contributed by atoms with E-state index < -0.39 is 21.7 Å². The molecule has 0 heterocycles. The van der Waals surface area contributed by atoms with Crippen LogP contribution < -0.4 is 5.32 Å². The highest BCUT2D eigenvalue weighted by Gasteiger charge is 2.21. The molecule has 0 fully saturated rings. The minimum Gasteiger partial charge on any atom is -0.348 e. The zero-order valence-electron chi connectivity index (χ0n) is 13.1. The minimum atomic E-state index is -3.62. The van der Waals surface area contributed by atoms with Gasteiger partial charge in [0.25, 0.3) is 5.91 Å². The second-order valence-corrected chi connectivity index (χ2v) is 8.18. The maximum atomic E-state index is 13.3. The molecule has 0 unspecified atom stereocenters. The first kappa shape index (κ1) is 18.6. The van der Waals surface area contributed by atoms with E-state index in [4.69, 9.17) is 0 Å². The van der Waals surface area contributed by atoms with Crippen LogP contribution in [0.25, 0.3) is 0 Å². The van der Waals surface area contributed by atoms with E-state index in [-0.39, 0.29) is 17.0 Å². The van der Waals surface area contributed by atoms with Gasteiger partial charge in [-0.25, -0.2) is 17.1 Å². The number of sulfonamides is 1. The van der Waals surface area contributed by atoms with Gasteiger partial charge in [-0.15, -0.1) is 0 Å². The summed E-state index contributed by atoms with van der Waals surface area (Å²) >= 11 is 3.19. The van der Waals surface area contributed by atoms with Crippen LogP contribution in [-0.4, -0.2) is 32.7 Å². The van der Waals surface area contributed by atoms with Crippen LogP contribution in [0.5, 0.6) is 0 Å². The third-order valence-electron chi connectivity index (χ3n) is 3.34. The molecule has 0 radical (unpaired) electrons. The number of rotatable bonds is 5. The Morgan fingerprint density at radius 1 is 1.21 bits per heavy atom. The summed E-state index contributed by atoms with van der Waals surface area (Å²) in [6, 6.07) is 10.2. The molecule has 1 amide bonds. The Morgan fingerprint density at radius 3 is 2.54 bits per heavy atom. The topological polar surface area (TPSA) is 66.5 Å². The van der Waals surface area contributed by atoms with E-state index in [0.29, 0.717) is 10.0 Å². The van der Waals surface area contributed by atoms with Crippen molar-refractivity contribution in [2.45, 2.75) is 11.4 Å². The van der Waals surface area contributed by atoms with E-state index in [9.17, 15) is 17.6 Å². The Kier molecular flexibility index (Phi) is 5.74. The zero-order valence-corrected chi connectivity index (χ0v) is 15.5. The SMILES string of the molecule is CN(C)S(=O)(=O)c1ccccc1CNC(=O)c1cc(F)ccc1Br. The predicted octanol–water partition coefficient (Wildman–Crippen LogP) is 2.77. The van der Waals surface area contributed by atoms with Crippen LogP contribution in [0.4, 0.5) is 4.39 Å². The van der Waals surface area contributed by atoms with Gasteiger partial charge in [0.2, 0.25) is 10.0 Å². The molecule has 0 bridgehead atoms. The van der Waals surface area contributed by atoms with E-state index in [0.717, 1.165) is 10.4 Å². The number of benzene rings is 2. The van der Waals surface area contributed by atoms with Gasteiger partial charge in [-0.2, -0.15) is 0 Å². The van der Waals surface area contributed by atoms with Gasteiger partial charge in [-0.3, -0.25) is 4.79 Å². The summed E-state index contributed by atoms with van der Waals surface area (Å²) in [6.45, 7) is 0.00499. The average Bonchev–Trinajstić information content (AvgIpc) is 2.55. The molecule has 0 aliphatic heterocycles. The van der Waals surface area contributed by atoms with Gasteiger partial charge >= 0.3 is 0 Å². The van der Waals surface area contributed by atoms with Gasteiger partial charge in [0.05, 0.1) is 10.5 Å². The highest BCUT2D eigenvalue weighted by Crippen LogP contribution is 2.20. The van der Waals surface area contributed by atoms with Crippen molar-refractivity contribution in [3.63, 3.8) is 0 Å². The van der Waals surface area contributed by atoms with E-state index in [2.05, 4.69) is 21.2 Å². The lowest BCUT2D eigenvalue weighted by molar-refractivity contribution is 0.0949. The smallest absolute Gasteiger partial charge is 0.252 e. The quantitative estimate of drug-likeness (QED) is 0.817. The summed E-state index contributed by atoms with van der Waals surface area (Å²) in [5, 5.41) is 2.62. The lowest BCUT2D eigenvalue weighted by atomic mass is 10.2. The first-order chi connectivity index (χ1) is 11.2.